The molecule has 0 aromatic heterocycles. The van der Waals surface area contributed by atoms with Gasteiger partial charge in [-0.05, 0) is 73.1 Å². The Hall–Kier alpha value is -0.480. The molecule has 2 saturated heterocycles. The zero-order valence-corrected chi connectivity index (χ0v) is 20.5. The highest BCUT2D eigenvalue weighted by Gasteiger charge is 2.19. The molecular weight excluding hydrogens is 412 g/mol. The largest absolute Gasteiger partial charge is 0.381 e. The number of aldehydes is 1. The van der Waals surface area contributed by atoms with Crippen molar-refractivity contribution in [2.75, 3.05) is 26.4 Å². The molecule has 2 aliphatic rings. The van der Waals surface area contributed by atoms with Crippen molar-refractivity contribution in [1.29, 1.82) is 0 Å². The van der Waals surface area contributed by atoms with Crippen molar-refractivity contribution in [2.45, 2.75) is 76.7 Å². The molecule has 0 radical (unpaired) electrons. The lowest BCUT2D eigenvalue weighted by atomic mass is 10.0. The Balaban J connectivity index is 0.000000444. The summed E-state index contributed by atoms with van der Waals surface area (Å²) in [6.45, 7) is 14.5. The number of nitrogens with zero attached hydrogens (tertiary/aromatic N) is 1. The molecule has 0 aromatic carbocycles. The average molecular weight is 453 g/mol. The van der Waals surface area contributed by atoms with E-state index in [9.17, 15) is 13.2 Å². The van der Waals surface area contributed by atoms with Crippen LogP contribution in [-0.4, -0.2) is 56.8 Å². The number of carbonyl (C=O) groups is 1. The highest BCUT2D eigenvalue weighted by atomic mass is 32.2. The number of carbonyl (C=O) groups excluding carboxylic acids is 1. The molecule has 172 valence electrons. The van der Waals surface area contributed by atoms with E-state index < -0.39 is 22.0 Å². The zero-order chi connectivity index (χ0) is 22.5. The fraction of sp³-hybridized carbons (Fsp3) is 0.900. The smallest absolute Gasteiger partial charge is 0.144 e. The second kappa shape index (κ2) is 14.5. The van der Waals surface area contributed by atoms with E-state index in [1.807, 2.05) is 47.8 Å². The minimum Gasteiger partial charge on any atom is -0.381 e. The minimum atomic E-state index is -1.18. The van der Waals surface area contributed by atoms with Crippen LogP contribution in [0.15, 0.2) is 4.40 Å². The van der Waals surface area contributed by atoms with Crippen LogP contribution in [0.5, 0.6) is 0 Å². The van der Waals surface area contributed by atoms with E-state index in [0.717, 1.165) is 58.4 Å². The van der Waals surface area contributed by atoms with Crippen molar-refractivity contribution in [1.82, 2.24) is 0 Å². The maximum absolute atomic E-state index is 11.6. The lowest BCUT2D eigenvalue weighted by Gasteiger charge is -2.18. The molecule has 2 rings (SSSR count). The highest BCUT2D eigenvalue weighted by molar-refractivity contribution is 7.85. The van der Waals surface area contributed by atoms with Crippen molar-refractivity contribution in [3.8, 4) is 0 Å². The molecule has 9 heteroatoms. The molecule has 0 bridgehead atoms. The molecular formula is C20H40N2O5S2. The van der Waals surface area contributed by atoms with Crippen LogP contribution < -0.4 is 5.14 Å². The maximum Gasteiger partial charge on any atom is 0.144 e. The van der Waals surface area contributed by atoms with Crippen LogP contribution in [0.1, 0.15) is 67.2 Å². The van der Waals surface area contributed by atoms with E-state index in [1.54, 1.807) is 0 Å². The summed E-state index contributed by atoms with van der Waals surface area (Å²) in [6, 6.07) is 0. The van der Waals surface area contributed by atoms with Crippen molar-refractivity contribution in [3.63, 3.8) is 0 Å². The number of rotatable bonds is 3. The Labute approximate surface area is 181 Å². The summed E-state index contributed by atoms with van der Waals surface area (Å²) >= 11 is 0. The van der Waals surface area contributed by atoms with Gasteiger partial charge in [-0.3, -0.25) is 5.14 Å². The summed E-state index contributed by atoms with van der Waals surface area (Å²) in [5.74, 6) is 0.735. The van der Waals surface area contributed by atoms with E-state index in [0.29, 0.717) is 5.92 Å². The third-order valence-electron chi connectivity index (χ3n) is 4.22. The van der Waals surface area contributed by atoms with Crippen molar-refractivity contribution in [3.05, 3.63) is 0 Å². The fourth-order valence-corrected chi connectivity index (χ4v) is 2.62. The standard InChI is InChI=1S/C10H19NO2S.C6H10O2.C4H11NOS/c1-10(2,3)14(12)11-8-9-4-6-13-7-5-9;7-5-6-1-3-8-4-2-6;1-4(2,3)7(5)6/h8-9H,4-7H2,1-3H3;5-6H,1-4H2;5H2,1-3H3/t14-;;7-/m0.0/s1. The lowest BCUT2D eigenvalue weighted by Crippen LogP contribution is -2.27. The molecule has 2 N–H and O–H groups in total. The summed E-state index contributed by atoms with van der Waals surface area (Å²) < 4.78 is 35.8. The Morgan fingerprint density at radius 1 is 0.828 bits per heavy atom. The van der Waals surface area contributed by atoms with Gasteiger partial charge in [0.2, 0.25) is 0 Å². The summed E-state index contributed by atoms with van der Waals surface area (Å²) in [5.41, 5.74) is 0. The molecule has 0 aliphatic carbocycles. The summed E-state index contributed by atoms with van der Waals surface area (Å²) in [6.07, 6.45) is 6.73. The van der Waals surface area contributed by atoms with Gasteiger partial charge in [-0.2, -0.15) is 4.40 Å². The van der Waals surface area contributed by atoms with Gasteiger partial charge in [0.15, 0.2) is 0 Å². The predicted octanol–water partition coefficient (Wildman–Crippen LogP) is 2.97. The first-order valence-electron chi connectivity index (χ1n) is 10.1. The molecule has 2 fully saturated rings. The molecule has 2 heterocycles. The van der Waals surface area contributed by atoms with Gasteiger partial charge in [-0.25, -0.2) is 8.42 Å². The SMILES string of the molecule is CC(C)(C)[S@@](N)=O.CC(C)(C)[S@](=O)N=CC1CCOCC1.O=CC1CCOCC1. The van der Waals surface area contributed by atoms with Crippen molar-refractivity contribution < 1.29 is 22.7 Å². The zero-order valence-electron chi connectivity index (χ0n) is 18.8. The maximum atomic E-state index is 11.6. The van der Waals surface area contributed by atoms with Crippen LogP contribution in [0.25, 0.3) is 0 Å². The van der Waals surface area contributed by atoms with Gasteiger partial charge < -0.3 is 14.3 Å². The average Bonchev–Trinajstić information content (AvgIpc) is 2.67. The molecule has 7 nitrogen and oxygen atoms in total. The molecule has 0 unspecified atom stereocenters. The molecule has 29 heavy (non-hydrogen) atoms. The van der Waals surface area contributed by atoms with Crippen LogP contribution in [-0.2, 0) is 36.2 Å². The quantitative estimate of drug-likeness (QED) is 0.523. The molecule has 0 amide bonds. The van der Waals surface area contributed by atoms with Crippen molar-refractivity contribution >= 4 is 34.5 Å². The van der Waals surface area contributed by atoms with E-state index in [4.69, 9.17) is 14.6 Å². The third kappa shape index (κ3) is 15.0. The Morgan fingerprint density at radius 3 is 1.48 bits per heavy atom. The van der Waals surface area contributed by atoms with Gasteiger partial charge in [0.1, 0.15) is 17.3 Å². The number of hydrogen-bond donors (Lipinski definition) is 1. The highest BCUT2D eigenvalue weighted by Crippen LogP contribution is 2.15. The minimum absolute atomic E-state index is 0.248. The lowest BCUT2D eigenvalue weighted by molar-refractivity contribution is -0.113. The molecule has 0 spiro atoms. The predicted molar refractivity (Wildman–Crippen MR) is 122 cm³/mol. The van der Waals surface area contributed by atoms with Crippen LogP contribution in [0.4, 0.5) is 0 Å². The number of hydrogen-bond acceptors (Lipinski definition) is 5. The van der Waals surface area contributed by atoms with Gasteiger partial charge in [0.05, 0.1) is 20.5 Å². The van der Waals surface area contributed by atoms with Crippen molar-refractivity contribution in [2.24, 2.45) is 21.4 Å². The summed E-state index contributed by atoms with van der Waals surface area (Å²) in [7, 11) is -2.29. The number of ether oxygens (including phenoxy) is 2. The molecule has 2 aliphatic heterocycles. The second-order valence-corrected chi connectivity index (χ2v) is 12.8. The summed E-state index contributed by atoms with van der Waals surface area (Å²) in [5, 5.41) is 5.04. The first kappa shape index (κ1) is 28.5. The summed E-state index contributed by atoms with van der Waals surface area (Å²) in [4.78, 5) is 10.1. The van der Waals surface area contributed by atoms with E-state index in [1.165, 1.54) is 0 Å². The number of nitrogens with two attached hydrogens (primary N) is 1. The topological polar surface area (TPSA) is 108 Å². The monoisotopic (exact) mass is 452 g/mol. The first-order valence-corrected chi connectivity index (χ1v) is 12.4. The Kier molecular flexibility index (Phi) is 14.3. The van der Waals surface area contributed by atoms with Crippen LogP contribution >= 0.6 is 0 Å². The van der Waals surface area contributed by atoms with Crippen LogP contribution in [0, 0.1) is 11.8 Å². The van der Waals surface area contributed by atoms with Gasteiger partial charge in [-0.15, -0.1) is 0 Å². The van der Waals surface area contributed by atoms with Gasteiger partial charge in [0.25, 0.3) is 0 Å². The van der Waals surface area contributed by atoms with E-state index in [2.05, 4.69) is 4.40 Å². The Bertz CT molecular complexity index is 530. The van der Waals surface area contributed by atoms with Gasteiger partial charge in [0, 0.05) is 38.6 Å². The van der Waals surface area contributed by atoms with Crippen LogP contribution in [0.3, 0.4) is 0 Å². The third-order valence-corrected chi connectivity index (χ3v) is 6.79. The van der Waals surface area contributed by atoms with Gasteiger partial charge >= 0.3 is 0 Å². The molecule has 0 aromatic rings. The fourth-order valence-electron chi connectivity index (χ4n) is 2.02. The Morgan fingerprint density at radius 2 is 1.21 bits per heavy atom. The first-order chi connectivity index (χ1) is 13.4. The van der Waals surface area contributed by atoms with Gasteiger partial charge in [-0.1, -0.05) is 0 Å². The molecule has 0 saturated carbocycles. The molecule has 2 atom stereocenters. The normalized spacial score (nSPS) is 21.3. The van der Waals surface area contributed by atoms with E-state index in [-0.39, 0.29) is 15.4 Å². The van der Waals surface area contributed by atoms with E-state index >= 15 is 0 Å². The van der Waals surface area contributed by atoms with Crippen LogP contribution in [0.2, 0.25) is 0 Å². The second-order valence-electron chi connectivity index (χ2n) is 9.06.